The molecule has 0 saturated carbocycles. The number of thiophene rings is 1. The minimum absolute atomic E-state index is 0.0738. The van der Waals surface area contributed by atoms with Gasteiger partial charge in [-0.25, -0.2) is 13.4 Å². The van der Waals surface area contributed by atoms with Crippen molar-refractivity contribution in [2.24, 2.45) is 0 Å². The van der Waals surface area contributed by atoms with Gasteiger partial charge in [-0.1, -0.05) is 0 Å². The first-order valence-electron chi connectivity index (χ1n) is 4.82. The molecular weight excluding hydrogens is 340 g/mol. The highest BCUT2D eigenvalue weighted by molar-refractivity contribution is 9.10. The number of aryl methyl sites for hydroxylation is 1. The second-order valence-corrected chi connectivity index (χ2v) is 7.13. The van der Waals surface area contributed by atoms with Gasteiger partial charge in [0.15, 0.2) is 15.8 Å². The van der Waals surface area contributed by atoms with Crippen LogP contribution in [0.4, 0.5) is 5.82 Å². The number of nitrogens with one attached hydrogen (secondary N) is 1. The van der Waals surface area contributed by atoms with E-state index in [2.05, 4.69) is 25.6 Å². The number of pyridine rings is 1. The van der Waals surface area contributed by atoms with E-state index in [-0.39, 0.29) is 15.8 Å². The molecule has 2 aromatic rings. The lowest BCUT2D eigenvalue weighted by Gasteiger charge is -2.08. The van der Waals surface area contributed by atoms with Crippen molar-refractivity contribution >= 4 is 43.1 Å². The summed E-state index contributed by atoms with van der Waals surface area (Å²) in [4.78, 5) is 3.95. The van der Waals surface area contributed by atoms with Gasteiger partial charge in [-0.05, 0) is 46.4 Å². The van der Waals surface area contributed by atoms with E-state index in [9.17, 15) is 13.5 Å². The van der Waals surface area contributed by atoms with Gasteiger partial charge in [0.25, 0.3) is 10.0 Å². The monoisotopic (exact) mass is 348 g/mol. The number of hydrogen-bond acceptors (Lipinski definition) is 5. The number of sulfonamides is 1. The summed E-state index contributed by atoms with van der Waals surface area (Å²) in [5, 5.41) is 11.2. The zero-order valence-corrected chi connectivity index (χ0v) is 12.4. The van der Waals surface area contributed by atoms with Gasteiger partial charge in [0, 0.05) is 10.2 Å². The van der Waals surface area contributed by atoms with Gasteiger partial charge in [-0.3, -0.25) is 4.72 Å². The fraction of sp³-hybridized carbons (Fsp3) is 0.100. The zero-order valence-electron chi connectivity index (χ0n) is 9.21. The first-order valence-corrected chi connectivity index (χ1v) is 7.98. The van der Waals surface area contributed by atoms with Crippen LogP contribution in [0.2, 0.25) is 0 Å². The molecule has 0 saturated heterocycles. The molecule has 2 rings (SSSR count). The van der Waals surface area contributed by atoms with Crippen LogP contribution in [0.15, 0.2) is 32.3 Å². The summed E-state index contributed by atoms with van der Waals surface area (Å²) in [5.41, 5.74) is 0.607. The second-order valence-electron chi connectivity index (χ2n) is 3.48. The zero-order chi connectivity index (χ0) is 13.3. The number of aromatic nitrogens is 1. The summed E-state index contributed by atoms with van der Waals surface area (Å²) in [6.45, 7) is 1.71. The van der Waals surface area contributed by atoms with Gasteiger partial charge in [-0.2, -0.15) is 0 Å². The van der Waals surface area contributed by atoms with Crippen molar-refractivity contribution in [2.45, 2.75) is 11.1 Å². The van der Waals surface area contributed by atoms with Crippen molar-refractivity contribution in [3.05, 3.63) is 33.7 Å². The predicted octanol–water partition coefficient (Wildman–Crippen LogP) is 2.72. The third kappa shape index (κ3) is 2.65. The van der Waals surface area contributed by atoms with Crippen LogP contribution < -0.4 is 4.72 Å². The average molecular weight is 349 g/mol. The number of halogens is 1. The van der Waals surface area contributed by atoms with Crippen molar-refractivity contribution in [3.8, 4) is 5.75 Å². The largest absolute Gasteiger partial charge is 0.504 e. The minimum atomic E-state index is -3.74. The molecule has 0 amide bonds. The van der Waals surface area contributed by atoms with Crippen LogP contribution in [0.1, 0.15) is 5.69 Å². The van der Waals surface area contributed by atoms with Crippen molar-refractivity contribution in [3.63, 3.8) is 0 Å². The number of rotatable bonds is 3. The molecule has 0 aliphatic heterocycles. The Bertz CT molecular complexity index is 682. The molecule has 0 aromatic carbocycles. The maximum Gasteiger partial charge on any atom is 0.273 e. The van der Waals surface area contributed by atoms with Crippen molar-refractivity contribution < 1.29 is 13.5 Å². The maximum absolute atomic E-state index is 12.1. The SMILES string of the molecule is Cc1ccc(O)c(NS(=O)(=O)c2sccc2Br)n1. The molecule has 0 unspecified atom stereocenters. The van der Waals surface area contributed by atoms with Crippen molar-refractivity contribution in [1.82, 2.24) is 4.98 Å². The third-order valence-electron chi connectivity index (χ3n) is 2.07. The summed E-state index contributed by atoms with van der Waals surface area (Å²) < 4.78 is 27.0. The Balaban J connectivity index is 2.40. The molecule has 0 radical (unpaired) electrons. The predicted molar refractivity (Wildman–Crippen MR) is 73.5 cm³/mol. The maximum atomic E-state index is 12.1. The van der Waals surface area contributed by atoms with Gasteiger partial charge < -0.3 is 5.11 Å². The highest BCUT2D eigenvalue weighted by Gasteiger charge is 2.21. The van der Waals surface area contributed by atoms with E-state index in [1.165, 1.54) is 6.07 Å². The highest BCUT2D eigenvalue weighted by Crippen LogP contribution is 2.30. The van der Waals surface area contributed by atoms with E-state index < -0.39 is 10.0 Å². The van der Waals surface area contributed by atoms with Crippen LogP contribution in [-0.2, 0) is 10.0 Å². The number of anilines is 1. The molecule has 96 valence electrons. The molecule has 0 bridgehead atoms. The Labute approximate surface area is 117 Å². The van der Waals surface area contributed by atoms with Crippen molar-refractivity contribution in [2.75, 3.05) is 4.72 Å². The molecule has 0 aliphatic carbocycles. The van der Waals surface area contributed by atoms with Gasteiger partial charge in [0.1, 0.15) is 0 Å². The molecule has 0 spiro atoms. The first kappa shape index (κ1) is 13.3. The van der Waals surface area contributed by atoms with E-state index in [4.69, 9.17) is 0 Å². The minimum Gasteiger partial charge on any atom is -0.504 e. The van der Waals surface area contributed by atoms with E-state index >= 15 is 0 Å². The smallest absolute Gasteiger partial charge is 0.273 e. The first-order chi connectivity index (χ1) is 8.40. The van der Waals surface area contributed by atoms with E-state index in [1.807, 2.05) is 0 Å². The standard InChI is InChI=1S/C10H9BrN2O3S2/c1-6-2-3-8(14)9(12-6)13-18(15,16)10-7(11)4-5-17-10/h2-5,14H,1H3,(H,12,13). The summed E-state index contributed by atoms with van der Waals surface area (Å²) in [6, 6.07) is 4.63. The summed E-state index contributed by atoms with van der Waals surface area (Å²) in [6.07, 6.45) is 0. The molecule has 0 fully saturated rings. The number of aromatic hydroxyl groups is 1. The van der Waals surface area contributed by atoms with E-state index in [1.54, 1.807) is 24.4 Å². The molecule has 5 nitrogen and oxygen atoms in total. The van der Waals surface area contributed by atoms with Gasteiger partial charge in [-0.15, -0.1) is 11.3 Å². The summed E-state index contributed by atoms with van der Waals surface area (Å²) >= 11 is 4.24. The third-order valence-corrected chi connectivity index (χ3v) is 6.08. The fourth-order valence-electron chi connectivity index (χ4n) is 1.27. The Hall–Kier alpha value is -1.12. The van der Waals surface area contributed by atoms with E-state index in [0.717, 1.165) is 11.3 Å². The lowest BCUT2D eigenvalue weighted by Crippen LogP contribution is -2.13. The molecule has 0 atom stereocenters. The normalized spacial score (nSPS) is 11.4. The molecule has 8 heteroatoms. The van der Waals surface area contributed by atoms with Gasteiger partial charge in [0.05, 0.1) is 0 Å². The molecule has 2 aromatic heterocycles. The Morgan fingerprint density at radius 1 is 1.39 bits per heavy atom. The summed E-state index contributed by atoms with van der Waals surface area (Å²) in [7, 11) is -3.74. The van der Waals surface area contributed by atoms with Crippen LogP contribution in [0.5, 0.6) is 5.75 Å². The molecule has 2 N–H and O–H groups in total. The Kier molecular flexibility index (Phi) is 3.60. The highest BCUT2D eigenvalue weighted by atomic mass is 79.9. The molecule has 2 heterocycles. The Morgan fingerprint density at radius 2 is 2.11 bits per heavy atom. The van der Waals surface area contributed by atoms with Crippen molar-refractivity contribution in [1.29, 1.82) is 0 Å². The molecule has 0 aliphatic rings. The van der Waals surface area contributed by atoms with E-state index in [0.29, 0.717) is 10.2 Å². The summed E-state index contributed by atoms with van der Waals surface area (Å²) in [5.74, 6) is -0.285. The lowest BCUT2D eigenvalue weighted by molar-refractivity contribution is 0.475. The number of nitrogens with zero attached hydrogens (tertiary/aromatic N) is 1. The Morgan fingerprint density at radius 3 is 2.72 bits per heavy atom. The topological polar surface area (TPSA) is 79.3 Å². The van der Waals surface area contributed by atoms with Crippen LogP contribution in [-0.4, -0.2) is 18.5 Å². The average Bonchev–Trinajstić information content (AvgIpc) is 2.70. The number of hydrogen-bond donors (Lipinski definition) is 2. The van der Waals surface area contributed by atoms with Crippen LogP contribution >= 0.6 is 27.3 Å². The van der Waals surface area contributed by atoms with Crippen LogP contribution in [0.25, 0.3) is 0 Å². The second kappa shape index (κ2) is 4.87. The van der Waals surface area contributed by atoms with Crippen LogP contribution in [0.3, 0.4) is 0 Å². The van der Waals surface area contributed by atoms with Crippen LogP contribution in [0, 0.1) is 6.92 Å². The molecular formula is C10H9BrN2O3S2. The molecule has 18 heavy (non-hydrogen) atoms. The van der Waals surface area contributed by atoms with Gasteiger partial charge >= 0.3 is 0 Å². The quantitative estimate of drug-likeness (QED) is 0.893. The lowest BCUT2D eigenvalue weighted by atomic mass is 10.3. The van der Waals surface area contributed by atoms with Gasteiger partial charge in [0.2, 0.25) is 0 Å². The fourth-order valence-corrected chi connectivity index (χ4v) is 4.63.